The molecule has 2 aliphatic heterocycles. The Labute approximate surface area is 765 Å². The number of para-hydroxylation sites is 4. The van der Waals surface area contributed by atoms with E-state index >= 15 is 0 Å². The second-order valence-electron chi connectivity index (χ2n) is 33.4. The summed E-state index contributed by atoms with van der Waals surface area (Å²) in [6.07, 6.45) is 23.4. The second kappa shape index (κ2) is 39.7. The largest absolute Gasteiger partial charge is 0.494 e. The average Bonchev–Trinajstić information content (AvgIpc) is 1.77. The number of nitrogens with zero attached hydrogens (tertiary/aromatic N) is 19. The molecule has 5 aliphatic carbocycles. The van der Waals surface area contributed by atoms with Crippen molar-refractivity contribution in [2.45, 2.75) is 110 Å². The van der Waals surface area contributed by atoms with Gasteiger partial charge in [0.1, 0.15) is 48.6 Å². The number of carbonyl (C=O) groups is 8. The Kier molecular flexibility index (Phi) is 25.9. The number of ether oxygens (including phenoxy) is 4. The van der Waals surface area contributed by atoms with Gasteiger partial charge in [-0.15, -0.1) is 0 Å². The Morgan fingerprint density at radius 1 is 0.409 bits per heavy atom. The van der Waals surface area contributed by atoms with Gasteiger partial charge >= 0.3 is 12.1 Å². The zero-order chi connectivity index (χ0) is 95.0. The van der Waals surface area contributed by atoms with Crippen molar-refractivity contribution in [2.75, 3.05) is 96.7 Å². The molecule has 7 N–H and O–H groups in total. The third kappa shape index (κ3) is 21.0. The quantitative estimate of drug-likeness (QED) is 0.0198. The first-order valence-corrected chi connectivity index (χ1v) is 43.8. The Balaban J connectivity index is 0.000000131. The number of nitrogens with one attached hydrogen (secondary N) is 7. The van der Waals surface area contributed by atoms with Crippen molar-refractivity contribution in [3.8, 4) is 68.5 Å². The Bertz CT molecular complexity index is 6480. The molecule has 38 nitrogen and oxygen atoms in total. The van der Waals surface area contributed by atoms with Crippen LogP contribution >= 0.6 is 0 Å². The number of benzene rings is 4. The highest BCUT2D eigenvalue weighted by Crippen LogP contribution is 2.46. The summed E-state index contributed by atoms with van der Waals surface area (Å²) >= 11 is 0. The van der Waals surface area contributed by atoms with Crippen LogP contribution in [0.25, 0.3) is 45.6 Å². The molecule has 6 amide bonds. The summed E-state index contributed by atoms with van der Waals surface area (Å²) in [5, 5.41) is 39.0. The molecule has 38 heteroatoms. The van der Waals surface area contributed by atoms with Crippen molar-refractivity contribution in [1.29, 1.82) is 0 Å². The number of urea groups is 2. The fraction of sp³-hybridized carbons (Fsp3) is 0.362. The van der Waals surface area contributed by atoms with Crippen LogP contribution in [0.1, 0.15) is 150 Å². The molecule has 0 unspecified atom stereocenters. The third-order valence-electron chi connectivity index (χ3n) is 23.0. The van der Waals surface area contributed by atoms with E-state index in [1.807, 2.05) is 73.3 Å². The number of hydrogen-bond donors (Lipinski definition) is 7. The summed E-state index contributed by atoms with van der Waals surface area (Å²) in [7, 11) is 9.10. The molecule has 8 aromatic heterocycles. The van der Waals surface area contributed by atoms with Gasteiger partial charge in [0, 0.05) is 145 Å². The van der Waals surface area contributed by atoms with Crippen molar-refractivity contribution in [2.24, 2.45) is 57.8 Å². The number of hydrogen-bond acceptors (Lipinski definition) is 28. The van der Waals surface area contributed by atoms with E-state index in [1.54, 1.807) is 154 Å². The van der Waals surface area contributed by atoms with Gasteiger partial charge in [0.25, 0.3) is 0 Å². The van der Waals surface area contributed by atoms with E-state index in [9.17, 15) is 38.4 Å². The fourth-order valence-corrected chi connectivity index (χ4v) is 15.2. The summed E-state index contributed by atoms with van der Waals surface area (Å²) in [4.78, 5) is 141. The first kappa shape index (κ1) is 86.0. The summed E-state index contributed by atoms with van der Waals surface area (Å²) in [5.74, 6) is 5.02. The van der Waals surface area contributed by atoms with Crippen molar-refractivity contribution < 1.29 is 61.4 Å². The minimum absolute atomic E-state index is 0.0113. The van der Waals surface area contributed by atoms with Crippen LogP contribution in [0.3, 0.4) is 0 Å². The lowest BCUT2D eigenvalue weighted by Crippen LogP contribution is -2.36. The van der Waals surface area contributed by atoms with Gasteiger partial charge in [-0.05, 0) is 139 Å². The van der Waals surface area contributed by atoms with Crippen LogP contribution in [0.2, 0.25) is 0 Å². The van der Waals surface area contributed by atoms with Crippen LogP contribution in [0.5, 0.6) is 23.0 Å². The van der Waals surface area contributed by atoms with E-state index in [-0.39, 0.29) is 94.2 Å². The molecular formula is C94H104N26O12. The maximum absolute atomic E-state index is 13.1. The van der Waals surface area contributed by atoms with Crippen LogP contribution in [0.15, 0.2) is 147 Å². The SMILES string of the molecule is CCC(=O)c1cnc(NC(=O)C2CC2)cc1Nc1cccc(-c2ncn(C)n2)c1OC.COc1c(Nc2cc(N3CCN(C(C)C)C3=O)ncc2C(=O)C2CC2)cccc1-c1ncn(C)n1.COc1c(Nc2cc(NC(=O)N3CCCC3)ncc2C(=O)C2CC2)cccc1-c1ncn(C)n1.[2H]C([2H])([2H])Oc1c(Nc2cc(NC(=O)C3CC3)ncc2C(=O)C2CC2)cccc1-c1ncn(C)n1. The molecule has 19 rings (SSSR count). The van der Waals surface area contributed by atoms with Gasteiger partial charge in [0.05, 0.1) is 122 Å². The summed E-state index contributed by atoms with van der Waals surface area (Å²) in [6.45, 7) is 8.44. The lowest BCUT2D eigenvalue weighted by Gasteiger charge is -2.22. The zero-order valence-corrected chi connectivity index (χ0v) is 74.7. The molecule has 0 radical (unpaired) electrons. The van der Waals surface area contributed by atoms with Crippen molar-refractivity contribution in [3.63, 3.8) is 0 Å². The van der Waals surface area contributed by atoms with E-state index in [0.29, 0.717) is 156 Å². The number of aromatic nitrogens is 16. The standard InChI is InChI=1S/C25H29N7O3.C24H27N7O3.C23H24N6O3.C22H24N6O3/c1-15(2)31-10-11-32(25(31)34)21-12-20(18(13-26-21)22(33)16-8-9-16)28-19-7-5-6-17(23(19)35-4)24-27-14-30(3)29-24;1-30-14-26-23(29-30)16-6-5-7-18(22(16)34-2)27-19-12-20(28-24(33)31-10-3-4-11-31)25-13-17(19)21(32)15-8-9-15;1-29-12-25-22(28-29)15-4-3-5-17(21(15)32-2)26-18-10-19(27-23(31)14-8-9-14)24-11-16(18)20(30)13-6-7-13;1-4-18(29)15-11-23-19(26-22(30)13-8-9-13)10-17(15)25-16-7-5-6-14(20(16)31-3)21-24-12-28(2)27-21/h5-7,12-16H,8-11H2,1-4H3,(H,26,28);5-7,12-15H,3-4,8-11H2,1-2H3,(H2,25,27,28,33);3-5,10-14H,6-9H2,1-2H3,(H2,24,26,27,31);5-7,10-13H,4,8-9H2,1-3H3,(H2,23,25,26,30)/i;;2D3;. The Morgan fingerprint density at radius 2 is 0.742 bits per heavy atom. The number of Topliss-reactive ketones (excluding diaryl/α,β-unsaturated/α-hetero) is 4. The Morgan fingerprint density at radius 3 is 1.06 bits per heavy atom. The van der Waals surface area contributed by atoms with E-state index in [2.05, 4.69) is 97.5 Å². The average molecular weight is 1790 g/mol. The number of amides is 6. The lowest BCUT2D eigenvalue weighted by atomic mass is 10.1. The first-order valence-electron chi connectivity index (χ1n) is 45.3. The predicted molar refractivity (Wildman–Crippen MR) is 495 cm³/mol. The fourth-order valence-electron chi connectivity index (χ4n) is 15.2. The maximum atomic E-state index is 13.1. The summed E-state index contributed by atoms with van der Waals surface area (Å²) in [6, 6.07) is 28.4. The smallest absolute Gasteiger partial charge is 0.326 e. The number of rotatable bonds is 31. The second-order valence-corrected chi connectivity index (χ2v) is 33.4. The molecule has 132 heavy (non-hydrogen) atoms. The highest BCUT2D eigenvalue weighted by molar-refractivity contribution is 6.08. The number of pyridine rings is 4. The Hall–Kier alpha value is -15.4. The van der Waals surface area contributed by atoms with Gasteiger partial charge in [-0.1, -0.05) is 31.2 Å². The number of likely N-dealkylation sites (tertiary alicyclic amines) is 1. The monoisotopic (exact) mass is 1790 g/mol. The maximum Gasteiger partial charge on any atom is 0.326 e. The third-order valence-corrected chi connectivity index (χ3v) is 23.0. The molecule has 10 heterocycles. The molecule has 2 saturated heterocycles. The molecule has 5 saturated carbocycles. The van der Waals surface area contributed by atoms with Gasteiger partial charge in [-0.2, -0.15) is 20.4 Å². The van der Waals surface area contributed by atoms with E-state index in [4.69, 9.17) is 23.1 Å². The molecule has 4 aromatic carbocycles. The van der Waals surface area contributed by atoms with Crippen LogP contribution < -0.4 is 61.1 Å². The molecule has 7 aliphatic rings. The lowest BCUT2D eigenvalue weighted by molar-refractivity contribution is -0.118. The summed E-state index contributed by atoms with van der Waals surface area (Å²) < 4.78 is 51.8. The van der Waals surface area contributed by atoms with Crippen molar-refractivity contribution >= 4 is 116 Å². The van der Waals surface area contributed by atoms with E-state index in [1.165, 1.54) is 23.4 Å². The molecule has 7 fully saturated rings. The van der Waals surface area contributed by atoms with E-state index < -0.39 is 7.04 Å². The summed E-state index contributed by atoms with van der Waals surface area (Å²) in [5.41, 5.74) is 8.68. The van der Waals surface area contributed by atoms with Gasteiger partial charge in [-0.25, -0.2) is 49.5 Å². The van der Waals surface area contributed by atoms with Crippen LogP contribution in [-0.4, -0.2) is 196 Å². The van der Waals surface area contributed by atoms with Gasteiger partial charge in [-0.3, -0.25) is 57.7 Å². The van der Waals surface area contributed by atoms with Crippen LogP contribution in [-0.2, 0) is 37.8 Å². The predicted octanol–water partition coefficient (Wildman–Crippen LogP) is 14.9. The normalized spacial score (nSPS) is 15.3. The molecule has 12 aromatic rings. The van der Waals surface area contributed by atoms with E-state index in [0.717, 1.165) is 101 Å². The van der Waals surface area contributed by atoms with Crippen molar-refractivity contribution in [3.05, 3.63) is 169 Å². The van der Waals surface area contributed by atoms with Gasteiger partial charge in [0.15, 0.2) is 69.4 Å². The first-order chi connectivity index (χ1) is 65.1. The van der Waals surface area contributed by atoms with Crippen LogP contribution in [0.4, 0.5) is 78.4 Å². The number of ketones is 4. The van der Waals surface area contributed by atoms with Crippen molar-refractivity contribution in [1.82, 2.24) is 88.8 Å². The number of anilines is 12. The zero-order valence-electron chi connectivity index (χ0n) is 77.7. The topological polar surface area (TPSA) is 442 Å². The number of methoxy groups -OCH3 is 4. The molecule has 682 valence electrons. The highest BCUT2D eigenvalue weighted by atomic mass is 16.5. The van der Waals surface area contributed by atoms with Gasteiger partial charge < -0.3 is 60.6 Å². The van der Waals surface area contributed by atoms with Gasteiger partial charge in [0.2, 0.25) is 11.8 Å². The molecular weight excluding hydrogens is 1690 g/mol. The minimum Gasteiger partial charge on any atom is -0.494 e. The molecule has 0 bridgehead atoms. The highest BCUT2D eigenvalue weighted by Gasteiger charge is 2.39. The minimum atomic E-state index is -2.74. The molecule has 0 spiro atoms. The van der Waals surface area contributed by atoms with Crippen LogP contribution in [0, 0.1) is 29.6 Å². The number of aryl methyl sites for hydroxylation is 4. The number of carbonyl (C=O) groups excluding carboxylic acids is 8. The molecule has 0 atom stereocenters.